The summed E-state index contributed by atoms with van der Waals surface area (Å²) in [5.74, 6) is -0.651. The molecule has 68 heavy (non-hydrogen) atoms. The van der Waals surface area contributed by atoms with Gasteiger partial charge in [-0.3, -0.25) is 9.59 Å². The first-order chi connectivity index (χ1) is 33.6. The second-order valence-corrected chi connectivity index (χ2v) is 17.4. The molecule has 1 unspecified atom stereocenters. The van der Waals surface area contributed by atoms with Crippen molar-refractivity contribution in [3.63, 3.8) is 0 Å². The lowest BCUT2D eigenvalue weighted by atomic mass is 10.1. The Morgan fingerprint density at radius 1 is 0.353 bits per heavy atom. The van der Waals surface area contributed by atoms with Crippen LogP contribution in [0.4, 0.5) is 0 Å². The highest BCUT2D eigenvalue weighted by Gasteiger charge is 2.17. The first-order valence-corrected chi connectivity index (χ1v) is 27.4. The quantitative estimate of drug-likeness (QED) is 0.0346. The van der Waals surface area contributed by atoms with Gasteiger partial charge in [0.1, 0.15) is 6.61 Å². The minimum Gasteiger partial charge on any atom is -0.462 e. The number of carbonyl (C=O) groups is 2. The summed E-state index contributed by atoms with van der Waals surface area (Å²) in [6, 6.07) is 0. The molecule has 0 saturated carbocycles. The summed E-state index contributed by atoms with van der Waals surface area (Å²) in [5, 5.41) is 0. The first-order valence-electron chi connectivity index (χ1n) is 27.4. The Balaban J connectivity index is 4.52. The SMILES string of the molecule is CC/C=C\C/C=C\C/C=C\C/C=C\C/C=C\C/C=C\CCC(=O)OCC(COCCCCCCCCCC/C=C\CCCCCCCC)OC(=O)C/C=C\C/C=C\C/C=C\C/C=C\C/C=C\CC. The topological polar surface area (TPSA) is 61.8 Å². The van der Waals surface area contributed by atoms with E-state index in [0.717, 1.165) is 83.5 Å². The lowest BCUT2D eigenvalue weighted by Crippen LogP contribution is -2.29. The number of hydrogen-bond donors (Lipinski definition) is 0. The van der Waals surface area contributed by atoms with Gasteiger partial charge in [0.25, 0.3) is 0 Å². The highest BCUT2D eigenvalue weighted by Crippen LogP contribution is 2.12. The summed E-state index contributed by atoms with van der Waals surface area (Å²) in [4.78, 5) is 25.4. The van der Waals surface area contributed by atoms with E-state index in [0.29, 0.717) is 13.0 Å². The van der Waals surface area contributed by atoms with E-state index in [-0.39, 0.29) is 38.0 Å². The maximum Gasteiger partial charge on any atom is 0.310 e. The molecule has 0 aliphatic heterocycles. The van der Waals surface area contributed by atoms with Gasteiger partial charge in [-0.05, 0) is 109 Å². The maximum absolute atomic E-state index is 12.8. The monoisotopic (exact) mass is 937 g/mol. The average molecular weight is 937 g/mol. The lowest BCUT2D eigenvalue weighted by Gasteiger charge is -2.18. The van der Waals surface area contributed by atoms with Gasteiger partial charge in [0.2, 0.25) is 0 Å². The molecule has 0 heterocycles. The Bertz CT molecular complexity index is 1480. The van der Waals surface area contributed by atoms with Gasteiger partial charge in [-0.25, -0.2) is 0 Å². The van der Waals surface area contributed by atoms with Crippen molar-refractivity contribution in [2.75, 3.05) is 19.8 Å². The van der Waals surface area contributed by atoms with Gasteiger partial charge < -0.3 is 14.2 Å². The van der Waals surface area contributed by atoms with E-state index in [4.69, 9.17) is 14.2 Å². The fourth-order valence-corrected chi connectivity index (χ4v) is 6.90. The molecule has 0 N–H and O–H groups in total. The molecular weight excluding hydrogens is 837 g/mol. The molecule has 0 aromatic heterocycles. The van der Waals surface area contributed by atoms with Gasteiger partial charge >= 0.3 is 11.9 Å². The van der Waals surface area contributed by atoms with Gasteiger partial charge in [0.05, 0.1) is 13.0 Å². The number of ether oxygens (including phenoxy) is 3. The predicted octanol–water partition coefficient (Wildman–Crippen LogP) is 18.9. The Kier molecular flexibility index (Phi) is 53.6. The fraction of sp³-hybridized carbons (Fsp3) is 0.587. The Hall–Kier alpha value is -4.22. The second kappa shape index (κ2) is 57.1. The largest absolute Gasteiger partial charge is 0.462 e. The first kappa shape index (κ1) is 63.8. The molecule has 0 spiro atoms. The molecule has 1 atom stereocenters. The van der Waals surface area contributed by atoms with Crippen LogP contribution in [0.1, 0.15) is 213 Å². The molecule has 5 nitrogen and oxygen atoms in total. The third kappa shape index (κ3) is 54.4. The molecule has 0 radical (unpaired) electrons. The van der Waals surface area contributed by atoms with Crippen LogP contribution in [0, 0.1) is 0 Å². The van der Waals surface area contributed by atoms with Crippen LogP contribution in [0.15, 0.2) is 146 Å². The summed E-state index contributed by atoms with van der Waals surface area (Å²) in [6.45, 7) is 7.39. The van der Waals surface area contributed by atoms with Crippen molar-refractivity contribution in [2.45, 2.75) is 219 Å². The van der Waals surface area contributed by atoms with Gasteiger partial charge in [-0.15, -0.1) is 0 Å². The van der Waals surface area contributed by atoms with Crippen molar-refractivity contribution in [1.82, 2.24) is 0 Å². The van der Waals surface area contributed by atoms with Gasteiger partial charge in [-0.2, -0.15) is 0 Å². The summed E-state index contributed by atoms with van der Waals surface area (Å²) in [7, 11) is 0. The minimum absolute atomic E-state index is 0.00505. The van der Waals surface area contributed by atoms with E-state index >= 15 is 0 Å². The predicted molar refractivity (Wildman–Crippen MR) is 297 cm³/mol. The van der Waals surface area contributed by atoms with Crippen LogP contribution >= 0.6 is 0 Å². The molecule has 0 aliphatic carbocycles. The smallest absolute Gasteiger partial charge is 0.310 e. The molecule has 382 valence electrons. The Morgan fingerprint density at radius 3 is 1.13 bits per heavy atom. The van der Waals surface area contributed by atoms with Crippen LogP contribution in [0.5, 0.6) is 0 Å². The van der Waals surface area contributed by atoms with Crippen molar-refractivity contribution in [2.24, 2.45) is 0 Å². The van der Waals surface area contributed by atoms with Crippen LogP contribution in [0.3, 0.4) is 0 Å². The van der Waals surface area contributed by atoms with Gasteiger partial charge in [0, 0.05) is 13.0 Å². The molecule has 0 rings (SSSR count). The zero-order valence-electron chi connectivity index (χ0n) is 43.8. The highest BCUT2D eigenvalue weighted by molar-refractivity contribution is 5.71. The zero-order valence-corrected chi connectivity index (χ0v) is 43.8. The molecule has 0 amide bonds. The van der Waals surface area contributed by atoms with Crippen LogP contribution in [-0.4, -0.2) is 37.9 Å². The molecular formula is C63H100O5. The number of hydrogen-bond acceptors (Lipinski definition) is 5. The van der Waals surface area contributed by atoms with E-state index in [2.05, 4.69) is 148 Å². The number of esters is 2. The summed E-state index contributed by atoms with van der Waals surface area (Å²) < 4.78 is 17.3. The molecule has 5 heteroatoms. The van der Waals surface area contributed by atoms with E-state index in [1.807, 2.05) is 18.2 Å². The number of allylic oxidation sites excluding steroid dienone is 23. The average Bonchev–Trinajstić information content (AvgIpc) is 3.34. The van der Waals surface area contributed by atoms with Crippen LogP contribution in [-0.2, 0) is 23.8 Å². The van der Waals surface area contributed by atoms with Crippen molar-refractivity contribution in [1.29, 1.82) is 0 Å². The zero-order chi connectivity index (χ0) is 49.2. The summed E-state index contributed by atoms with van der Waals surface area (Å²) in [5.41, 5.74) is 0. The molecule has 0 bridgehead atoms. The van der Waals surface area contributed by atoms with E-state index < -0.39 is 6.10 Å². The minimum atomic E-state index is -0.634. The van der Waals surface area contributed by atoms with E-state index in [9.17, 15) is 9.59 Å². The number of unbranched alkanes of at least 4 members (excludes halogenated alkanes) is 14. The molecule has 0 aliphatic rings. The third-order valence-electron chi connectivity index (χ3n) is 10.9. The lowest BCUT2D eigenvalue weighted by molar-refractivity contribution is -0.162. The van der Waals surface area contributed by atoms with E-state index in [1.54, 1.807) is 0 Å². The Morgan fingerprint density at radius 2 is 0.706 bits per heavy atom. The molecule has 0 saturated heterocycles. The second-order valence-electron chi connectivity index (χ2n) is 17.4. The standard InChI is InChI=1S/C63H100O5/c1-4-7-10-13-16-19-22-25-28-30-32-33-36-38-41-44-47-50-53-56-62(64)67-60-61(68-63(65)57-54-51-48-45-42-39-35-27-24-21-18-15-12-9-6-3)59-66-58-55-52-49-46-43-40-37-34-31-29-26-23-20-17-14-11-8-5-2/h7,9-10,12,16,18-19,21,25-29,32-33,35,38,41-42,45,47,50-51,54,61H,4-6,8,11,13-15,17,20,22-24,30-31,34,36-37,39-40,43-44,46,48-49,52-53,55-60H2,1-3H3/b10-7-,12-9-,19-16-,21-18-,28-25-,29-26-,33-32-,35-27-,41-38-,45-42-,50-47-,54-51-. The van der Waals surface area contributed by atoms with E-state index in [1.165, 1.54) is 89.9 Å². The molecule has 0 aromatic carbocycles. The highest BCUT2D eigenvalue weighted by atomic mass is 16.6. The Labute approximate surface area is 419 Å². The van der Waals surface area contributed by atoms with Crippen molar-refractivity contribution >= 4 is 11.9 Å². The third-order valence-corrected chi connectivity index (χ3v) is 10.9. The normalized spacial score (nSPS) is 13.4. The number of rotatable bonds is 48. The summed E-state index contributed by atoms with van der Waals surface area (Å²) in [6.07, 6.45) is 83.3. The van der Waals surface area contributed by atoms with Crippen molar-refractivity contribution < 1.29 is 23.8 Å². The summed E-state index contributed by atoms with van der Waals surface area (Å²) >= 11 is 0. The fourth-order valence-electron chi connectivity index (χ4n) is 6.90. The maximum atomic E-state index is 12.8. The van der Waals surface area contributed by atoms with Crippen LogP contribution in [0.25, 0.3) is 0 Å². The van der Waals surface area contributed by atoms with Crippen LogP contribution < -0.4 is 0 Å². The van der Waals surface area contributed by atoms with Gasteiger partial charge in [0.15, 0.2) is 6.10 Å². The van der Waals surface area contributed by atoms with Gasteiger partial charge in [-0.1, -0.05) is 237 Å². The van der Waals surface area contributed by atoms with Crippen LogP contribution in [0.2, 0.25) is 0 Å². The number of carbonyl (C=O) groups excluding carboxylic acids is 2. The molecule has 0 aromatic rings. The molecule has 0 fully saturated rings. The van der Waals surface area contributed by atoms with Crippen molar-refractivity contribution in [3.05, 3.63) is 146 Å². The van der Waals surface area contributed by atoms with Crippen molar-refractivity contribution in [3.8, 4) is 0 Å².